The fourth-order valence-electron chi connectivity index (χ4n) is 5.34. The molecule has 2 fully saturated rings. The first kappa shape index (κ1) is 21.0. The highest BCUT2D eigenvalue weighted by Gasteiger charge is 2.40. The minimum absolute atomic E-state index is 0.107. The summed E-state index contributed by atoms with van der Waals surface area (Å²) in [5.74, 6) is 1.08. The molecule has 172 valence electrons. The summed E-state index contributed by atoms with van der Waals surface area (Å²) < 4.78 is 2.16. The molecule has 3 aromatic carbocycles. The lowest BCUT2D eigenvalue weighted by Crippen LogP contribution is -2.45. The highest BCUT2D eigenvalue weighted by atomic mass is 16.2. The number of fused-ring (bicyclic) bond motifs is 1. The molecule has 1 aliphatic heterocycles. The summed E-state index contributed by atoms with van der Waals surface area (Å²) in [5, 5.41) is 3.25. The van der Waals surface area contributed by atoms with Crippen LogP contribution in [0.5, 0.6) is 0 Å². The molecule has 34 heavy (non-hydrogen) atoms. The van der Waals surface area contributed by atoms with Crippen LogP contribution >= 0.6 is 0 Å². The molecule has 5 nitrogen and oxygen atoms in total. The minimum Gasteiger partial charge on any atom is -0.335 e. The van der Waals surface area contributed by atoms with Gasteiger partial charge in [-0.15, -0.1) is 0 Å². The zero-order valence-corrected chi connectivity index (χ0v) is 19.3. The summed E-state index contributed by atoms with van der Waals surface area (Å²) in [6.45, 7) is 1.68. The van der Waals surface area contributed by atoms with Crippen LogP contribution in [0.2, 0.25) is 0 Å². The monoisotopic (exact) mass is 450 g/mol. The number of carbonyl (C=O) groups is 1. The van der Waals surface area contributed by atoms with Crippen LogP contribution in [0.15, 0.2) is 85.2 Å². The summed E-state index contributed by atoms with van der Waals surface area (Å²) in [6.07, 6.45) is 6.11. The van der Waals surface area contributed by atoms with Gasteiger partial charge in [0.15, 0.2) is 0 Å². The number of piperidine rings is 1. The van der Waals surface area contributed by atoms with Crippen molar-refractivity contribution in [1.29, 1.82) is 0 Å². The van der Waals surface area contributed by atoms with Crippen LogP contribution in [-0.2, 0) is 6.42 Å². The number of para-hydroxylation sites is 2. The molecule has 2 atom stereocenters. The highest BCUT2D eigenvalue weighted by molar-refractivity contribution is 5.77. The molecule has 1 saturated heterocycles. The number of imidazole rings is 1. The third-order valence-corrected chi connectivity index (χ3v) is 7.40. The highest BCUT2D eigenvalue weighted by Crippen LogP contribution is 2.40. The van der Waals surface area contributed by atoms with Gasteiger partial charge in [-0.1, -0.05) is 54.6 Å². The maximum Gasteiger partial charge on any atom is 0.317 e. The number of benzene rings is 3. The van der Waals surface area contributed by atoms with E-state index in [2.05, 4.69) is 75.5 Å². The van der Waals surface area contributed by atoms with E-state index in [4.69, 9.17) is 0 Å². The van der Waals surface area contributed by atoms with Crippen LogP contribution in [0.25, 0.3) is 16.7 Å². The largest absolute Gasteiger partial charge is 0.335 e. The molecule has 6 rings (SSSR count). The van der Waals surface area contributed by atoms with E-state index in [1.165, 1.54) is 11.1 Å². The van der Waals surface area contributed by atoms with Gasteiger partial charge in [0.05, 0.1) is 11.0 Å². The first-order valence-electron chi connectivity index (χ1n) is 12.4. The molecule has 2 amide bonds. The molecular formula is C29H30N4O. The first-order chi connectivity index (χ1) is 16.7. The van der Waals surface area contributed by atoms with E-state index >= 15 is 0 Å². The second kappa shape index (κ2) is 8.98. The number of likely N-dealkylation sites (tertiary alicyclic amines) is 1. The lowest BCUT2D eigenvalue weighted by molar-refractivity contribution is 0.170. The van der Waals surface area contributed by atoms with Gasteiger partial charge < -0.3 is 10.2 Å². The molecule has 1 aromatic heterocycles. The quantitative estimate of drug-likeness (QED) is 0.434. The number of urea groups is 1. The normalized spacial score (nSPS) is 20.4. The Bertz CT molecular complexity index is 1290. The SMILES string of the molecule is O=C(N[C@@H]1C[C@H]1c1ccccc1)N1CCC(Cc2cccc(-n3cnc4ccccc43)c2)CC1. The van der Waals surface area contributed by atoms with Crippen molar-refractivity contribution in [1.82, 2.24) is 19.8 Å². The summed E-state index contributed by atoms with van der Waals surface area (Å²) in [5.41, 5.74) is 5.98. The molecule has 1 aliphatic carbocycles. The van der Waals surface area contributed by atoms with Crippen molar-refractivity contribution in [2.45, 2.75) is 37.6 Å². The lowest BCUT2D eigenvalue weighted by atomic mass is 9.90. The molecular weight excluding hydrogens is 420 g/mol. The third kappa shape index (κ3) is 4.30. The number of carbonyl (C=O) groups excluding carboxylic acids is 1. The lowest BCUT2D eigenvalue weighted by Gasteiger charge is -2.32. The Labute approximate surface area is 200 Å². The van der Waals surface area contributed by atoms with Crippen molar-refractivity contribution in [3.8, 4) is 5.69 Å². The van der Waals surface area contributed by atoms with Gasteiger partial charge in [-0.3, -0.25) is 4.57 Å². The van der Waals surface area contributed by atoms with Crippen LogP contribution in [0.4, 0.5) is 4.79 Å². The van der Waals surface area contributed by atoms with Gasteiger partial charge in [-0.25, -0.2) is 9.78 Å². The van der Waals surface area contributed by atoms with E-state index < -0.39 is 0 Å². The van der Waals surface area contributed by atoms with Crippen LogP contribution in [0.1, 0.15) is 36.3 Å². The Hall–Kier alpha value is -3.60. The Kier molecular flexibility index (Phi) is 5.54. The zero-order chi connectivity index (χ0) is 22.9. The van der Waals surface area contributed by atoms with E-state index in [1.807, 2.05) is 29.4 Å². The van der Waals surface area contributed by atoms with Crippen LogP contribution in [-0.4, -0.2) is 39.6 Å². The van der Waals surface area contributed by atoms with Crippen molar-refractivity contribution in [3.63, 3.8) is 0 Å². The predicted octanol–water partition coefficient (Wildman–Crippen LogP) is 5.55. The van der Waals surface area contributed by atoms with Crippen LogP contribution < -0.4 is 5.32 Å². The van der Waals surface area contributed by atoms with Gasteiger partial charge in [0.25, 0.3) is 0 Å². The van der Waals surface area contributed by atoms with Gasteiger partial charge in [-0.2, -0.15) is 0 Å². The molecule has 2 heterocycles. The Morgan fingerprint density at radius 1 is 0.941 bits per heavy atom. The average Bonchev–Trinajstić information content (AvgIpc) is 3.51. The summed E-state index contributed by atoms with van der Waals surface area (Å²) >= 11 is 0. The molecule has 1 N–H and O–H groups in total. The summed E-state index contributed by atoms with van der Waals surface area (Å²) in [6, 6.07) is 27.9. The molecule has 4 aromatic rings. The van der Waals surface area contributed by atoms with Crippen molar-refractivity contribution < 1.29 is 4.79 Å². The van der Waals surface area contributed by atoms with E-state index in [-0.39, 0.29) is 12.1 Å². The van der Waals surface area contributed by atoms with Crippen molar-refractivity contribution in [2.75, 3.05) is 13.1 Å². The number of rotatable bonds is 5. The van der Waals surface area contributed by atoms with Crippen LogP contribution in [0.3, 0.4) is 0 Å². The first-order valence-corrected chi connectivity index (χ1v) is 12.4. The topological polar surface area (TPSA) is 50.2 Å². The van der Waals surface area contributed by atoms with Crippen LogP contribution in [0, 0.1) is 5.92 Å². The third-order valence-electron chi connectivity index (χ3n) is 7.40. The number of hydrogen-bond donors (Lipinski definition) is 1. The molecule has 0 spiro atoms. The van der Waals surface area contributed by atoms with Gasteiger partial charge in [-0.05, 0) is 67.0 Å². The summed E-state index contributed by atoms with van der Waals surface area (Å²) in [4.78, 5) is 19.3. The van der Waals surface area contributed by atoms with Gasteiger partial charge in [0, 0.05) is 30.7 Å². The molecule has 0 unspecified atom stereocenters. The second-order valence-electron chi connectivity index (χ2n) is 9.72. The Morgan fingerprint density at radius 3 is 2.59 bits per heavy atom. The van der Waals surface area contributed by atoms with E-state index in [0.717, 1.165) is 55.5 Å². The van der Waals surface area contributed by atoms with Crippen molar-refractivity contribution >= 4 is 17.1 Å². The molecule has 0 bridgehead atoms. The smallest absolute Gasteiger partial charge is 0.317 e. The average molecular weight is 451 g/mol. The van der Waals surface area contributed by atoms with Crippen molar-refractivity contribution in [3.05, 3.63) is 96.3 Å². The zero-order valence-electron chi connectivity index (χ0n) is 19.3. The Balaban J connectivity index is 1.03. The second-order valence-corrected chi connectivity index (χ2v) is 9.72. The molecule has 1 saturated carbocycles. The molecule has 2 aliphatic rings. The van der Waals surface area contributed by atoms with Gasteiger partial charge in [0.2, 0.25) is 0 Å². The number of nitrogens with zero attached hydrogens (tertiary/aromatic N) is 3. The standard InChI is InChI=1S/C29H30N4O/c34-29(31-27-19-25(27)23-8-2-1-3-9-23)32-15-13-21(14-16-32)17-22-7-6-10-24(18-22)33-20-30-26-11-4-5-12-28(26)33/h1-12,18,20-21,25,27H,13-17,19H2,(H,31,34)/t25-,27+/m0/s1. The maximum absolute atomic E-state index is 12.8. The molecule has 0 radical (unpaired) electrons. The van der Waals surface area contributed by atoms with E-state index in [1.54, 1.807) is 0 Å². The van der Waals surface area contributed by atoms with Crippen molar-refractivity contribution in [2.24, 2.45) is 5.92 Å². The predicted molar refractivity (Wildman–Crippen MR) is 135 cm³/mol. The number of hydrogen-bond acceptors (Lipinski definition) is 2. The Morgan fingerprint density at radius 2 is 1.74 bits per heavy atom. The van der Waals surface area contributed by atoms with E-state index in [0.29, 0.717) is 11.8 Å². The number of amides is 2. The minimum atomic E-state index is 0.107. The fraction of sp³-hybridized carbons (Fsp3) is 0.310. The number of nitrogens with one attached hydrogen (secondary N) is 1. The van der Waals surface area contributed by atoms with Gasteiger partial charge >= 0.3 is 6.03 Å². The summed E-state index contributed by atoms with van der Waals surface area (Å²) in [7, 11) is 0. The number of aromatic nitrogens is 2. The van der Waals surface area contributed by atoms with Gasteiger partial charge in [0.1, 0.15) is 6.33 Å². The van der Waals surface area contributed by atoms with E-state index in [9.17, 15) is 4.79 Å². The maximum atomic E-state index is 12.8. The molecule has 5 heteroatoms. The fourth-order valence-corrected chi connectivity index (χ4v) is 5.34.